The third kappa shape index (κ3) is 5.37. The first-order chi connectivity index (χ1) is 11.9. The second kappa shape index (κ2) is 9.10. The van der Waals surface area contributed by atoms with Crippen molar-refractivity contribution in [2.75, 3.05) is 0 Å². The summed E-state index contributed by atoms with van der Waals surface area (Å²) in [6, 6.07) is 12.3. The predicted octanol–water partition coefficient (Wildman–Crippen LogP) is 5.36. The van der Waals surface area contributed by atoms with Crippen LogP contribution in [0.2, 0.25) is 5.02 Å². The molecule has 0 saturated heterocycles. The van der Waals surface area contributed by atoms with Gasteiger partial charge in [-0.15, -0.1) is 0 Å². The van der Waals surface area contributed by atoms with Crippen molar-refractivity contribution in [3.63, 3.8) is 0 Å². The number of hydrogen-bond acceptors (Lipinski definition) is 1. The van der Waals surface area contributed by atoms with Crippen molar-refractivity contribution in [2.24, 2.45) is 5.92 Å². The van der Waals surface area contributed by atoms with E-state index in [1.165, 1.54) is 0 Å². The van der Waals surface area contributed by atoms with Gasteiger partial charge in [0.05, 0.1) is 6.54 Å². The lowest BCUT2D eigenvalue weighted by molar-refractivity contribution is -0.135. The fourth-order valence-electron chi connectivity index (χ4n) is 2.93. The van der Waals surface area contributed by atoms with Gasteiger partial charge in [-0.25, -0.2) is 0 Å². The van der Waals surface area contributed by atoms with Crippen LogP contribution in [0.15, 0.2) is 42.6 Å². The summed E-state index contributed by atoms with van der Waals surface area (Å²) in [4.78, 5) is 14.7. The molecule has 0 spiro atoms. The molecule has 25 heavy (non-hydrogen) atoms. The van der Waals surface area contributed by atoms with Crippen LogP contribution < -0.4 is 0 Å². The van der Waals surface area contributed by atoms with Gasteiger partial charge in [-0.1, -0.05) is 44.5 Å². The number of hydrogen-bond donors (Lipinski definition) is 0. The zero-order valence-electron chi connectivity index (χ0n) is 15.7. The monoisotopic (exact) mass is 360 g/mol. The van der Waals surface area contributed by atoms with Crippen LogP contribution in [-0.2, 0) is 17.9 Å². The maximum Gasteiger partial charge on any atom is 0.223 e. The molecule has 1 heterocycles. The van der Waals surface area contributed by atoms with E-state index < -0.39 is 0 Å². The Labute approximate surface area is 156 Å². The molecule has 0 unspecified atom stereocenters. The first-order valence-electron chi connectivity index (χ1n) is 9.10. The van der Waals surface area contributed by atoms with Crippen molar-refractivity contribution in [1.82, 2.24) is 9.47 Å². The quantitative estimate of drug-likeness (QED) is 0.621. The average Bonchev–Trinajstić information content (AvgIpc) is 2.99. The molecule has 1 aromatic carbocycles. The van der Waals surface area contributed by atoms with Crippen LogP contribution in [0.1, 0.15) is 51.8 Å². The molecule has 0 bridgehead atoms. The lowest BCUT2D eigenvalue weighted by atomic mass is 10.0. The van der Waals surface area contributed by atoms with Gasteiger partial charge in [0, 0.05) is 35.9 Å². The van der Waals surface area contributed by atoms with E-state index >= 15 is 0 Å². The Bertz CT molecular complexity index is 693. The zero-order valence-corrected chi connectivity index (χ0v) is 16.5. The van der Waals surface area contributed by atoms with Crippen LogP contribution in [0, 0.1) is 5.92 Å². The highest BCUT2D eigenvalue weighted by Crippen LogP contribution is 2.19. The Morgan fingerprint density at radius 1 is 1.20 bits per heavy atom. The first-order valence-corrected chi connectivity index (χ1v) is 9.48. The highest BCUT2D eigenvalue weighted by molar-refractivity contribution is 6.30. The molecule has 2 aromatic rings. The normalized spacial score (nSPS) is 12.4. The van der Waals surface area contributed by atoms with Crippen LogP contribution in [0.3, 0.4) is 0 Å². The minimum atomic E-state index is 0.216. The lowest BCUT2D eigenvalue weighted by Crippen LogP contribution is -2.41. The molecule has 0 aliphatic heterocycles. The summed E-state index contributed by atoms with van der Waals surface area (Å²) in [6.45, 7) is 9.94. The van der Waals surface area contributed by atoms with E-state index in [9.17, 15) is 4.79 Å². The Morgan fingerprint density at radius 2 is 1.96 bits per heavy atom. The molecule has 2 rings (SSSR count). The van der Waals surface area contributed by atoms with Gasteiger partial charge >= 0.3 is 0 Å². The summed E-state index contributed by atoms with van der Waals surface area (Å²) in [5, 5.41) is 0.749. The van der Waals surface area contributed by atoms with E-state index in [-0.39, 0.29) is 11.9 Å². The molecule has 0 radical (unpaired) electrons. The Hall–Kier alpha value is -1.74. The minimum absolute atomic E-state index is 0.216. The molecule has 0 fully saturated rings. The second-order valence-electron chi connectivity index (χ2n) is 7.01. The molecule has 1 atom stereocenters. The molecular formula is C21H29ClN2O. The summed E-state index contributed by atoms with van der Waals surface area (Å²) in [5.41, 5.74) is 2.31. The smallest absolute Gasteiger partial charge is 0.223 e. The van der Waals surface area contributed by atoms with E-state index in [0.717, 1.165) is 29.2 Å². The second-order valence-corrected chi connectivity index (χ2v) is 7.45. The summed E-state index contributed by atoms with van der Waals surface area (Å²) in [6.07, 6.45) is 3.55. The number of nitrogens with zero attached hydrogens (tertiary/aromatic N) is 2. The van der Waals surface area contributed by atoms with Crippen LogP contribution >= 0.6 is 11.6 Å². The Morgan fingerprint density at radius 3 is 2.60 bits per heavy atom. The van der Waals surface area contributed by atoms with E-state index in [1.807, 2.05) is 29.2 Å². The highest BCUT2D eigenvalue weighted by Gasteiger charge is 2.23. The fourth-order valence-corrected chi connectivity index (χ4v) is 3.14. The van der Waals surface area contributed by atoms with Crippen molar-refractivity contribution in [3.05, 3.63) is 58.9 Å². The van der Waals surface area contributed by atoms with Crippen molar-refractivity contribution < 1.29 is 4.79 Å². The summed E-state index contributed by atoms with van der Waals surface area (Å²) >= 11 is 6.10. The summed E-state index contributed by atoms with van der Waals surface area (Å²) in [7, 11) is 0. The molecule has 136 valence electrons. The lowest BCUT2D eigenvalue weighted by Gasteiger charge is -2.32. The number of halogens is 1. The number of aromatic nitrogens is 1. The van der Waals surface area contributed by atoms with E-state index in [4.69, 9.17) is 11.6 Å². The van der Waals surface area contributed by atoms with Gasteiger partial charge in [-0.3, -0.25) is 4.79 Å². The van der Waals surface area contributed by atoms with E-state index in [0.29, 0.717) is 18.9 Å². The van der Waals surface area contributed by atoms with Crippen LogP contribution in [0.25, 0.3) is 0 Å². The van der Waals surface area contributed by atoms with Crippen LogP contribution in [0.4, 0.5) is 0 Å². The number of rotatable bonds is 8. The average molecular weight is 361 g/mol. The Kier molecular flexibility index (Phi) is 7.12. The maximum atomic E-state index is 12.6. The number of amides is 1. The fraction of sp³-hybridized carbons (Fsp3) is 0.476. The topological polar surface area (TPSA) is 25.2 Å². The number of carbonyl (C=O) groups is 1. The van der Waals surface area contributed by atoms with Crippen molar-refractivity contribution in [2.45, 2.75) is 59.7 Å². The molecule has 0 N–H and O–H groups in total. The molecule has 3 nitrogen and oxygen atoms in total. The molecular weight excluding hydrogens is 332 g/mol. The highest BCUT2D eigenvalue weighted by atomic mass is 35.5. The van der Waals surface area contributed by atoms with E-state index in [2.05, 4.69) is 50.6 Å². The molecule has 4 heteroatoms. The number of carbonyl (C=O) groups excluding carboxylic acids is 1. The van der Waals surface area contributed by atoms with Gasteiger partial charge in [0.25, 0.3) is 0 Å². The molecule has 1 amide bonds. The van der Waals surface area contributed by atoms with Gasteiger partial charge in [0.1, 0.15) is 0 Å². The zero-order chi connectivity index (χ0) is 18.4. The van der Waals surface area contributed by atoms with Gasteiger partial charge in [0.15, 0.2) is 0 Å². The van der Waals surface area contributed by atoms with Gasteiger partial charge in [0.2, 0.25) is 5.91 Å². The molecule has 1 aromatic heterocycles. The van der Waals surface area contributed by atoms with Gasteiger partial charge < -0.3 is 9.47 Å². The van der Waals surface area contributed by atoms with Crippen molar-refractivity contribution >= 4 is 17.5 Å². The predicted molar refractivity (Wildman–Crippen MR) is 105 cm³/mol. The Balaban J connectivity index is 2.19. The standard InChI is InChI=1S/C21H29ClN2O/c1-5-8-21(25)24(17(4)16(2)3)15-20-11-7-12-23(20)14-18-9-6-10-19(22)13-18/h6-7,9-13,16-17H,5,8,14-15H2,1-4H3/t17-/m1/s1. The van der Waals surface area contributed by atoms with E-state index in [1.54, 1.807) is 0 Å². The minimum Gasteiger partial charge on any atom is -0.345 e. The van der Waals surface area contributed by atoms with Crippen molar-refractivity contribution in [3.8, 4) is 0 Å². The number of benzene rings is 1. The first kappa shape index (κ1) is 19.6. The third-order valence-corrected chi connectivity index (χ3v) is 4.97. The summed E-state index contributed by atoms with van der Waals surface area (Å²) in [5.74, 6) is 0.663. The largest absolute Gasteiger partial charge is 0.345 e. The van der Waals surface area contributed by atoms with Crippen LogP contribution in [0.5, 0.6) is 0 Å². The molecule has 0 aliphatic carbocycles. The van der Waals surface area contributed by atoms with Gasteiger partial charge in [-0.05, 0) is 49.1 Å². The van der Waals surface area contributed by atoms with Crippen LogP contribution in [-0.4, -0.2) is 21.4 Å². The van der Waals surface area contributed by atoms with Gasteiger partial charge in [-0.2, -0.15) is 0 Å². The molecule has 0 aliphatic rings. The summed E-state index contributed by atoms with van der Waals surface area (Å²) < 4.78 is 2.20. The van der Waals surface area contributed by atoms with Crippen molar-refractivity contribution in [1.29, 1.82) is 0 Å². The SMILES string of the molecule is CCCC(=O)N(Cc1cccn1Cc1cccc(Cl)c1)[C@H](C)C(C)C. The third-order valence-electron chi connectivity index (χ3n) is 4.74. The maximum absolute atomic E-state index is 12.6. The molecule has 0 saturated carbocycles.